The van der Waals surface area contributed by atoms with E-state index in [1.165, 1.54) is 7.11 Å². The quantitative estimate of drug-likeness (QED) is 0.838. The van der Waals surface area contributed by atoms with Crippen LogP contribution in [0.2, 0.25) is 0 Å². The number of nitrogens with one attached hydrogen (secondary N) is 1. The van der Waals surface area contributed by atoms with E-state index >= 15 is 0 Å². The van der Waals surface area contributed by atoms with Crippen LogP contribution in [-0.4, -0.2) is 29.6 Å². The fourth-order valence-electron chi connectivity index (χ4n) is 1.37. The maximum absolute atomic E-state index is 10.9. The number of nitrogens with zero attached hydrogens (tertiary/aromatic N) is 2. The SMILES string of the molecule is COC(=O)CCNc1ncc(-c2cccs2)cn1. The van der Waals surface area contributed by atoms with Crippen molar-refractivity contribution in [2.24, 2.45) is 0 Å². The molecule has 18 heavy (non-hydrogen) atoms. The molecule has 0 amide bonds. The van der Waals surface area contributed by atoms with Crippen LogP contribution in [-0.2, 0) is 9.53 Å². The number of hydrogen-bond acceptors (Lipinski definition) is 6. The third-order valence-corrected chi connectivity index (χ3v) is 3.22. The lowest BCUT2D eigenvalue weighted by Crippen LogP contribution is -2.11. The molecular formula is C12H13N3O2S. The number of methoxy groups -OCH3 is 1. The molecule has 0 aliphatic heterocycles. The minimum atomic E-state index is -0.252. The van der Waals surface area contributed by atoms with Gasteiger partial charge in [-0.1, -0.05) is 6.07 Å². The highest BCUT2D eigenvalue weighted by molar-refractivity contribution is 7.13. The second-order valence-corrected chi connectivity index (χ2v) is 4.47. The number of carbonyl (C=O) groups excluding carboxylic acids is 1. The van der Waals surface area contributed by atoms with Crippen LogP contribution in [0.5, 0.6) is 0 Å². The van der Waals surface area contributed by atoms with E-state index in [2.05, 4.69) is 20.0 Å². The highest BCUT2D eigenvalue weighted by atomic mass is 32.1. The van der Waals surface area contributed by atoms with Gasteiger partial charge in [0.2, 0.25) is 5.95 Å². The van der Waals surface area contributed by atoms with E-state index in [-0.39, 0.29) is 5.97 Å². The number of ether oxygens (including phenoxy) is 1. The Morgan fingerprint density at radius 1 is 1.44 bits per heavy atom. The molecule has 0 saturated carbocycles. The molecule has 0 unspecified atom stereocenters. The summed E-state index contributed by atoms with van der Waals surface area (Å²) in [7, 11) is 1.37. The molecule has 0 aromatic carbocycles. The van der Waals surface area contributed by atoms with E-state index in [4.69, 9.17) is 0 Å². The molecular weight excluding hydrogens is 250 g/mol. The third-order valence-electron chi connectivity index (χ3n) is 2.30. The normalized spacial score (nSPS) is 10.1. The Kier molecular flexibility index (Phi) is 4.25. The predicted octanol–water partition coefficient (Wildman–Crippen LogP) is 2.18. The Balaban J connectivity index is 1.90. The molecule has 1 N–H and O–H groups in total. The van der Waals surface area contributed by atoms with Gasteiger partial charge in [0.25, 0.3) is 0 Å². The van der Waals surface area contributed by atoms with Gasteiger partial charge in [0, 0.05) is 29.4 Å². The zero-order chi connectivity index (χ0) is 12.8. The first-order valence-electron chi connectivity index (χ1n) is 5.46. The van der Waals surface area contributed by atoms with Gasteiger partial charge in [-0.2, -0.15) is 0 Å². The molecule has 2 aromatic rings. The summed E-state index contributed by atoms with van der Waals surface area (Å²) in [5.41, 5.74) is 0.989. The molecule has 94 valence electrons. The summed E-state index contributed by atoms with van der Waals surface area (Å²) >= 11 is 1.65. The van der Waals surface area contributed by atoms with Crippen molar-refractivity contribution in [1.82, 2.24) is 9.97 Å². The first-order chi connectivity index (χ1) is 8.79. The summed E-state index contributed by atoms with van der Waals surface area (Å²) in [4.78, 5) is 20.4. The van der Waals surface area contributed by atoms with Gasteiger partial charge in [0.15, 0.2) is 0 Å². The second-order valence-electron chi connectivity index (χ2n) is 3.53. The first kappa shape index (κ1) is 12.5. The zero-order valence-corrected chi connectivity index (χ0v) is 10.7. The minimum absolute atomic E-state index is 0.252. The van der Waals surface area contributed by atoms with Crippen LogP contribution >= 0.6 is 11.3 Å². The molecule has 0 atom stereocenters. The van der Waals surface area contributed by atoms with Gasteiger partial charge in [0.1, 0.15) is 0 Å². The topological polar surface area (TPSA) is 64.1 Å². The van der Waals surface area contributed by atoms with Crippen LogP contribution in [0.25, 0.3) is 10.4 Å². The summed E-state index contributed by atoms with van der Waals surface area (Å²) in [5.74, 6) is 0.261. The number of esters is 1. The lowest BCUT2D eigenvalue weighted by atomic mass is 10.3. The van der Waals surface area contributed by atoms with Gasteiger partial charge < -0.3 is 10.1 Å². The Labute approximate surface area is 109 Å². The van der Waals surface area contributed by atoms with Gasteiger partial charge in [-0.25, -0.2) is 9.97 Å². The molecule has 0 spiro atoms. The third kappa shape index (κ3) is 3.27. The van der Waals surface area contributed by atoms with Crippen LogP contribution in [0, 0.1) is 0 Å². The smallest absolute Gasteiger partial charge is 0.307 e. The van der Waals surface area contributed by atoms with E-state index in [0.717, 1.165) is 10.4 Å². The van der Waals surface area contributed by atoms with Crippen molar-refractivity contribution < 1.29 is 9.53 Å². The molecule has 5 nitrogen and oxygen atoms in total. The van der Waals surface area contributed by atoms with Crippen LogP contribution in [0.15, 0.2) is 29.9 Å². The van der Waals surface area contributed by atoms with Crippen molar-refractivity contribution >= 4 is 23.3 Å². The monoisotopic (exact) mass is 263 g/mol. The van der Waals surface area contributed by atoms with Gasteiger partial charge in [-0.3, -0.25) is 4.79 Å². The van der Waals surface area contributed by atoms with Crippen LogP contribution in [0.3, 0.4) is 0 Å². The van der Waals surface area contributed by atoms with Crippen LogP contribution in [0.4, 0.5) is 5.95 Å². The van der Waals surface area contributed by atoms with E-state index in [0.29, 0.717) is 18.9 Å². The minimum Gasteiger partial charge on any atom is -0.469 e. The van der Waals surface area contributed by atoms with E-state index in [1.807, 2.05) is 17.5 Å². The average Bonchev–Trinajstić information content (AvgIpc) is 2.93. The standard InChI is InChI=1S/C12H13N3O2S/c1-17-11(16)4-5-13-12-14-7-9(8-15-12)10-3-2-6-18-10/h2-3,6-8H,4-5H2,1H3,(H,13,14,15). The van der Waals surface area contributed by atoms with Gasteiger partial charge in [0.05, 0.1) is 13.5 Å². The van der Waals surface area contributed by atoms with Crippen molar-refractivity contribution in [3.63, 3.8) is 0 Å². The first-order valence-corrected chi connectivity index (χ1v) is 6.34. The van der Waals surface area contributed by atoms with Crippen molar-refractivity contribution in [2.75, 3.05) is 19.0 Å². The Hall–Kier alpha value is -1.95. The highest BCUT2D eigenvalue weighted by Crippen LogP contribution is 2.23. The molecule has 0 fully saturated rings. The van der Waals surface area contributed by atoms with Gasteiger partial charge >= 0.3 is 5.97 Å². The highest BCUT2D eigenvalue weighted by Gasteiger charge is 2.02. The second kappa shape index (κ2) is 6.11. The van der Waals surface area contributed by atoms with Gasteiger partial charge in [-0.15, -0.1) is 11.3 Å². The molecule has 2 aromatic heterocycles. The molecule has 6 heteroatoms. The summed E-state index contributed by atoms with van der Waals surface area (Å²) in [6.07, 6.45) is 3.82. The van der Waals surface area contributed by atoms with Crippen molar-refractivity contribution in [1.29, 1.82) is 0 Å². The molecule has 0 bridgehead atoms. The zero-order valence-electron chi connectivity index (χ0n) is 9.92. The van der Waals surface area contributed by atoms with E-state index in [9.17, 15) is 4.79 Å². The van der Waals surface area contributed by atoms with Crippen molar-refractivity contribution in [2.45, 2.75) is 6.42 Å². The van der Waals surface area contributed by atoms with E-state index in [1.54, 1.807) is 23.7 Å². The summed E-state index contributed by atoms with van der Waals surface area (Å²) < 4.78 is 4.54. The number of aromatic nitrogens is 2. The summed E-state index contributed by atoms with van der Waals surface area (Å²) in [5, 5.41) is 4.97. The van der Waals surface area contributed by atoms with Gasteiger partial charge in [-0.05, 0) is 11.4 Å². The number of rotatable bonds is 5. The predicted molar refractivity (Wildman–Crippen MR) is 70.5 cm³/mol. The average molecular weight is 263 g/mol. The Morgan fingerprint density at radius 2 is 2.22 bits per heavy atom. The molecule has 0 saturated heterocycles. The van der Waals surface area contributed by atoms with Crippen molar-refractivity contribution in [3.05, 3.63) is 29.9 Å². The summed E-state index contributed by atoms with van der Waals surface area (Å²) in [6.45, 7) is 0.463. The molecule has 0 radical (unpaired) electrons. The number of carbonyl (C=O) groups is 1. The number of thiophene rings is 1. The maximum Gasteiger partial charge on any atom is 0.307 e. The largest absolute Gasteiger partial charge is 0.469 e. The molecule has 2 heterocycles. The molecule has 0 aliphatic rings. The lowest BCUT2D eigenvalue weighted by molar-refractivity contribution is -0.140. The Morgan fingerprint density at radius 3 is 2.83 bits per heavy atom. The molecule has 2 rings (SSSR count). The molecule has 0 aliphatic carbocycles. The van der Waals surface area contributed by atoms with Crippen LogP contribution < -0.4 is 5.32 Å². The number of hydrogen-bond donors (Lipinski definition) is 1. The lowest BCUT2D eigenvalue weighted by Gasteiger charge is -2.04. The number of anilines is 1. The van der Waals surface area contributed by atoms with Crippen LogP contribution in [0.1, 0.15) is 6.42 Å². The fraction of sp³-hybridized carbons (Fsp3) is 0.250. The fourth-order valence-corrected chi connectivity index (χ4v) is 2.07. The van der Waals surface area contributed by atoms with Crippen molar-refractivity contribution in [3.8, 4) is 10.4 Å². The van der Waals surface area contributed by atoms with E-state index < -0.39 is 0 Å². The summed E-state index contributed by atoms with van der Waals surface area (Å²) in [6, 6.07) is 4.01. The Bertz CT molecular complexity index is 497. The maximum atomic E-state index is 10.9.